The van der Waals surface area contributed by atoms with Crippen LogP contribution in [0.1, 0.15) is 0 Å². The molecule has 0 bridgehead atoms. The van der Waals surface area contributed by atoms with Crippen molar-refractivity contribution in [3.63, 3.8) is 0 Å². The maximum atomic E-state index is 13.5. The third-order valence-electron chi connectivity index (χ3n) is 2.40. The minimum atomic E-state index is -0.535. The van der Waals surface area contributed by atoms with Gasteiger partial charge >= 0.3 is 0 Å². The number of phenolic OH excluding ortho intramolecular Hbond substituents is 2. The summed E-state index contributed by atoms with van der Waals surface area (Å²) in [6.45, 7) is 2.25. The number of hydrogen-bond donors (Lipinski definition) is 2. The van der Waals surface area contributed by atoms with E-state index in [1.807, 2.05) is 0 Å². The Kier molecular flexibility index (Phi) is 2.64. The number of morpholine rings is 1. The van der Waals surface area contributed by atoms with Crippen LogP contribution in [0.2, 0.25) is 0 Å². The molecule has 0 saturated carbocycles. The maximum absolute atomic E-state index is 13.5. The van der Waals surface area contributed by atoms with Crippen molar-refractivity contribution in [2.45, 2.75) is 0 Å². The van der Waals surface area contributed by atoms with Gasteiger partial charge in [-0.05, 0) is 0 Å². The van der Waals surface area contributed by atoms with Crippen molar-refractivity contribution >= 4 is 5.69 Å². The fourth-order valence-corrected chi connectivity index (χ4v) is 1.59. The Balaban J connectivity index is 2.30. The predicted octanol–water partition coefficient (Wildman–Crippen LogP) is 1.07. The summed E-state index contributed by atoms with van der Waals surface area (Å²) in [5.74, 6) is -1.28. The van der Waals surface area contributed by atoms with E-state index >= 15 is 0 Å². The van der Waals surface area contributed by atoms with E-state index in [1.165, 1.54) is 6.07 Å². The second-order valence-electron chi connectivity index (χ2n) is 3.39. The lowest BCUT2D eigenvalue weighted by molar-refractivity contribution is 0.122. The molecule has 0 radical (unpaired) electrons. The van der Waals surface area contributed by atoms with Crippen molar-refractivity contribution in [2.75, 3.05) is 31.2 Å². The lowest BCUT2D eigenvalue weighted by Crippen LogP contribution is -2.36. The lowest BCUT2D eigenvalue weighted by atomic mass is 10.2. The van der Waals surface area contributed by atoms with Gasteiger partial charge in [-0.3, -0.25) is 0 Å². The zero-order valence-electron chi connectivity index (χ0n) is 8.11. The molecule has 1 aromatic rings. The molecule has 2 rings (SSSR count). The molecule has 1 aromatic carbocycles. The van der Waals surface area contributed by atoms with E-state index in [2.05, 4.69) is 0 Å². The molecule has 1 aliphatic heterocycles. The fourth-order valence-electron chi connectivity index (χ4n) is 1.59. The monoisotopic (exact) mass is 213 g/mol. The standard InChI is InChI=1S/C10H12FNO3/c11-7-5-9(13)10(14)6-8(7)12-1-3-15-4-2-12/h5-6,13-14H,1-4H2. The van der Waals surface area contributed by atoms with E-state index in [-0.39, 0.29) is 5.75 Å². The Bertz CT molecular complexity index is 364. The third kappa shape index (κ3) is 1.97. The minimum Gasteiger partial charge on any atom is -0.504 e. The number of benzene rings is 1. The smallest absolute Gasteiger partial charge is 0.160 e. The molecule has 1 saturated heterocycles. The number of anilines is 1. The molecule has 1 fully saturated rings. The van der Waals surface area contributed by atoms with Crippen LogP contribution in [-0.2, 0) is 4.74 Å². The van der Waals surface area contributed by atoms with Crippen LogP contribution in [0.5, 0.6) is 11.5 Å². The number of aromatic hydroxyl groups is 2. The highest BCUT2D eigenvalue weighted by Crippen LogP contribution is 2.32. The lowest BCUT2D eigenvalue weighted by Gasteiger charge is -2.29. The van der Waals surface area contributed by atoms with Crippen LogP contribution in [0, 0.1) is 5.82 Å². The molecule has 1 aliphatic rings. The number of phenols is 2. The fraction of sp³-hybridized carbons (Fsp3) is 0.400. The molecule has 2 N–H and O–H groups in total. The van der Waals surface area contributed by atoms with Gasteiger partial charge in [0.1, 0.15) is 5.82 Å². The Morgan fingerprint density at radius 2 is 1.73 bits per heavy atom. The number of ether oxygens (including phenoxy) is 1. The second-order valence-corrected chi connectivity index (χ2v) is 3.39. The average Bonchev–Trinajstić information content (AvgIpc) is 2.25. The van der Waals surface area contributed by atoms with E-state index in [0.29, 0.717) is 32.0 Å². The van der Waals surface area contributed by atoms with Crippen LogP contribution >= 0.6 is 0 Å². The van der Waals surface area contributed by atoms with Crippen LogP contribution in [0.3, 0.4) is 0 Å². The van der Waals surface area contributed by atoms with Crippen LogP contribution in [0.25, 0.3) is 0 Å². The molecule has 0 spiro atoms. The van der Waals surface area contributed by atoms with Crippen LogP contribution < -0.4 is 4.90 Å². The number of hydrogen-bond acceptors (Lipinski definition) is 4. The van der Waals surface area contributed by atoms with Crippen molar-refractivity contribution in [3.05, 3.63) is 17.9 Å². The van der Waals surface area contributed by atoms with Crippen molar-refractivity contribution in [1.82, 2.24) is 0 Å². The molecule has 0 atom stereocenters. The Morgan fingerprint density at radius 1 is 1.13 bits per heavy atom. The highest BCUT2D eigenvalue weighted by molar-refractivity contribution is 5.56. The van der Waals surface area contributed by atoms with Crippen molar-refractivity contribution in [2.24, 2.45) is 0 Å². The summed E-state index contributed by atoms with van der Waals surface area (Å²) >= 11 is 0. The maximum Gasteiger partial charge on any atom is 0.160 e. The van der Waals surface area contributed by atoms with Crippen LogP contribution in [-0.4, -0.2) is 36.5 Å². The van der Waals surface area contributed by atoms with Crippen molar-refractivity contribution in [1.29, 1.82) is 0 Å². The van der Waals surface area contributed by atoms with Crippen molar-refractivity contribution < 1.29 is 19.3 Å². The van der Waals surface area contributed by atoms with Gasteiger partial charge in [-0.15, -0.1) is 0 Å². The van der Waals surface area contributed by atoms with E-state index in [1.54, 1.807) is 4.90 Å². The van der Waals surface area contributed by atoms with Crippen molar-refractivity contribution in [3.8, 4) is 11.5 Å². The van der Waals surface area contributed by atoms with Gasteiger partial charge in [0, 0.05) is 25.2 Å². The van der Waals surface area contributed by atoms with E-state index in [4.69, 9.17) is 9.84 Å². The van der Waals surface area contributed by atoms with E-state index in [9.17, 15) is 9.50 Å². The zero-order valence-corrected chi connectivity index (χ0v) is 8.11. The first-order chi connectivity index (χ1) is 7.18. The Morgan fingerprint density at radius 3 is 2.40 bits per heavy atom. The van der Waals surface area contributed by atoms with Gasteiger partial charge in [0.15, 0.2) is 11.5 Å². The Labute approximate surface area is 86.5 Å². The summed E-state index contributed by atoms with van der Waals surface area (Å²) in [5, 5.41) is 18.4. The predicted molar refractivity (Wildman–Crippen MR) is 52.8 cm³/mol. The summed E-state index contributed by atoms with van der Waals surface area (Å²) in [7, 11) is 0. The van der Waals surface area contributed by atoms with Gasteiger partial charge in [-0.1, -0.05) is 0 Å². The summed E-state index contributed by atoms with van der Waals surface area (Å²) < 4.78 is 18.6. The van der Waals surface area contributed by atoms with Gasteiger partial charge in [-0.2, -0.15) is 0 Å². The van der Waals surface area contributed by atoms with E-state index in [0.717, 1.165) is 6.07 Å². The molecule has 0 aliphatic carbocycles. The number of rotatable bonds is 1. The topological polar surface area (TPSA) is 52.9 Å². The van der Waals surface area contributed by atoms with Crippen LogP contribution in [0.15, 0.2) is 12.1 Å². The van der Waals surface area contributed by atoms with E-state index < -0.39 is 11.6 Å². The molecular formula is C10H12FNO3. The quantitative estimate of drug-likeness (QED) is 0.685. The summed E-state index contributed by atoms with van der Waals surface area (Å²) in [6, 6.07) is 2.15. The number of halogens is 1. The van der Waals surface area contributed by atoms with Gasteiger partial charge in [0.25, 0.3) is 0 Å². The normalized spacial score (nSPS) is 16.7. The van der Waals surface area contributed by atoms with Crippen LogP contribution in [0.4, 0.5) is 10.1 Å². The molecule has 5 heteroatoms. The molecule has 0 amide bonds. The molecule has 82 valence electrons. The molecule has 0 unspecified atom stereocenters. The van der Waals surface area contributed by atoms with Gasteiger partial charge < -0.3 is 19.8 Å². The molecule has 4 nitrogen and oxygen atoms in total. The SMILES string of the molecule is Oc1cc(F)c(N2CCOCC2)cc1O. The second kappa shape index (κ2) is 3.94. The molecule has 15 heavy (non-hydrogen) atoms. The first kappa shape index (κ1) is 10.0. The molecule has 0 aromatic heterocycles. The Hall–Kier alpha value is -1.49. The molecule has 1 heterocycles. The summed E-state index contributed by atoms with van der Waals surface area (Å²) in [6.07, 6.45) is 0. The first-order valence-electron chi connectivity index (χ1n) is 4.72. The highest BCUT2D eigenvalue weighted by Gasteiger charge is 2.17. The van der Waals surface area contributed by atoms with Gasteiger partial charge in [-0.25, -0.2) is 4.39 Å². The molecular weight excluding hydrogens is 201 g/mol. The zero-order chi connectivity index (χ0) is 10.8. The third-order valence-corrected chi connectivity index (χ3v) is 2.40. The summed E-state index contributed by atoms with van der Waals surface area (Å²) in [5.41, 5.74) is 0.300. The van der Waals surface area contributed by atoms with Gasteiger partial charge in [0.05, 0.1) is 18.9 Å². The number of nitrogens with zero attached hydrogens (tertiary/aromatic N) is 1. The van der Waals surface area contributed by atoms with Gasteiger partial charge in [0.2, 0.25) is 0 Å². The average molecular weight is 213 g/mol. The largest absolute Gasteiger partial charge is 0.504 e. The first-order valence-corrected chi connectivity index (χ1v) is 4.72. The minimum absolute atomic E-state index is 0.300. The summed E-state index contributed by atoms with van der Waals surface area (Å²) in [4.78, 5) is 1.78. The highest BCUT2D eigenvalue weighted by atomic mass is 19.1.